The zero-order valence-corrected chi connectivity index (χ0v) is 15.6. The summed E-state index contributed by atoms with van der Waals surface area (Å²) in [4.78, 5) is 30.2. The van der Waals surface area contributed by atoms with Gasteiger partial charge in [0, 0.05) is 46.7 Å². The van der Waals surface area contributed by atoms with Crippen molar-refractivity contribution in [2.24, 2.45) is 0 Å². The lowest BCUT2D eigenvalue weighted by Crippen LogP contribution is -2.40. The van der Waals surface area contributed by atoms with E-state index in [4.69, 9.17) is 4.74 Å². The number of benzene rings is 3. The highest BCUT2D eigenvalue weighted by Gasteiger charge is 2.35. The highest BCUT2D eigenvalue weighted by atomic mass is 16.5. The van der Waals surface area contributed by atoms with Crippen LogP contribution in [0.15, 0.2) is 54.6 Å². The van der Waals surface area contributed by atoms with Gasteiger partial charge in [0.2, 0.25) is 0 Å². The number of carbonyl (C=O) groups excluding carboxylic acids is 2. The van der Waals surface area contributed by atoms with Gasteiger partial charge in [0.05, 0.1) is 12.8 Å². The fourth-order valence-electron chi connectivity index (χ4n) is 4.30. The first-order valence-electron chi connectivity index (χ1n) is 9.52. The molecule has 0 spiro atoms. The van der Waals surface area contributed by atoms with E-state index in [-0.39, 0.29) is 11.8 Å². The topological polar surface area (TPSA) is 49.9 Å². The van der Waals surface area contributed by atoms with E-state index in [0.29, 0.717) is 22.6 Å². The number of hydrogen-bond acceptors (Lipinski definition) is 4. The van der Waals surface area contributed by atoms with Crippen LogP contribution in [-0.2, 0) is 0 Å². The summed E-state index contributed by atoms with van der Waals surface area (Å²) in [5.41, 5.74) is 2.75. The van der Waals surface area contributed by atoms with Crippen LogP contribution in [0.2, 0.25) is 0 Å². The molecule has 0 atom stereocenters. The monoisotopic (exact) mass is 372 g/mol. The van der Waals surface area contributed by atoms with Gasteiger partial charge in [-0.3, -0.25) is 9.59 Å². The van der Waals surface area contributed by atoms with Crippen molar-refractivity contribution >= 4 is 34.0 Å². The van der Waals surface area contributed by atoms with Crippen LogP contribution in [0.3, 0.4) is 0 Å². The van der Waals surface area contributed by atoms with Crippen LogP contribution in [0, 0.1) is 0 Å². The van der Waals surface area contributed by atoms with Gasteiger partial charge in [-0.05, 0) is 43.2 Å². The molecule has 5 nitrogen and oxygen atoms in total. The average molecular weight is 372 g/mol. The van der Waals surface area contributed by atoms with Gasteiger partial charge in [0.1, 0.15) is 5.75 Å². The first-order valence-corrected chi connectivity index (χ1v) is 9.52. The van der Waals surface area contributed by atoms with Gasteiger partial charge >= 0.3 is 0 Å². The minimum Gasteiger partial charge on any atom is -0.497 e. The number of ether oxygens (including phenoxy) is 1. The van der Waals surface area contributed by atoms with E-state index in [9.17, 15) is 9.59 Å². The molecule has 2 amide bonds. The first-order chi connectivity index (χ1) is 13.7. The molecule has 3 aromatic rings. The molecule has 0 N–H and O–H groups in total. The van der Waals surface area contributed by atoms with Crippen molar-refractivity contribution in [1.29, 1.82) is 0 Å². The second-order valence-electron chi connectivity index (χ2n) is 7.20. The van der Waals surface area contributed by atoms with E-state index < -0.39 is 0 Å². The maximum atomic E-state index is 13.3. The van der Waals surface area contributed by atoms with Gasteiger partial charge in [-0.25, -0.2) is 4.90 Å². The third-order valence-corrected chi connectivity index (χ3v) is 5.64. The highest BCUT2D eigenvalue weighted by Crippen LogP contribution is 2.38. The number of nitrogens with zero attached hydrogens (tertiary/aromatic N) is 2. The molecule has 140 valence electrons. The van der Waals surface area contributed by atoms with Crippen molar-refractivity contribution in [1.82, 2.24) is 0 Å². The van der Waals surface area contributed by atoms with Crippen LogP contribution in [-0.4, -0.2) is 32.0 Å². The number of carbonyl (C=O) groups is 2. The van der Waals surface area contributed by atoms with Crippen molar-refractivity contribution in [3.05, 3.63) is 65.7 Å². The molecule has 0 saturated carbocycles. The third kappa shape index (κ3) is 2.39. The second kappa shape index (κ2) is 6.37. The molecule has 0 unspecified atom stereocenters. The fraction of sp³-hybridized carbons (Fsp3) is 0.217. The summed E-state index contributed by atoms with van der Waals surface area (Å²) < 4.78 is 5.26. The zero-order valence-electron chi connectivity index (χ0n) is 15.6. The molecule has 5 heteroatoms. The largest absolute Gasteiger partial charge is 0.497 e. The molecule has 0 radical (unpaired) electrons. The van der Waals surface area contributed by atoms with E-state index in [1.54, 1.807) is 31.4 Å². The molecular weight excluding hydrogens is 352 g/mol. The number of amides is 2. The Morgan fingerprint density at radius 1 is 0.857 bits per heavy atom. The smallest absolute Gasteiger partial charge is 0.265 e. The van der Waals surface area contributed by atoms with Crippen molar-refractivity contribution in [3.63, 3.8) is 0 Å². The van der Waals surface area contributed by atoms with Gasteiger partial charge in [-0.15, -0.1) is 0 Å². The van der Waals surface area contributed by atoms with Crippen LogP contribution < -0.4 is 14.5 Å². The van der Waals surface area contributed by atoms with Crippen molar-refractivity contribution in [2.75, 3.05) is 30.0 Å². The quantitative estimate of drug-likeness (QED) is 0.645. The second-order valence-corrected chi connectivity index (χ2v) is 7.20. The maximum absolute atomic E-state index is 13.3. The van der Waals surface area contributed by atoms with Crippen molar-refractivity contribution < 1.29 is 14.3 Å². The third-order valence-electron chi connectivity index (χ3n) is 5.64. The molecule has 5 rings (SSSR count). The van der Waals surface area contributed by atoms with Gasteiger partial charge < -0.3 is 9.64 Å². The van der Waals surface area contributed by atoms with Gasteiger partial charge in [-0.1, -0.05) is 18.2 Å². The summed E-state index contributed by atoms with van der Waals surface area (Å²) in [7, 11) is 1.56. The summed E-state index contributed by atoms with van der Waals surface area (Å²) in [6.07, 6.45) is 2.34. The molecule has 1 saturated heterocycles. The number of imide groups is 1. The molecule has 2 heterocycles. The first kappa shape index (κ1) is 16.8. The Hall–Kier alpha value is -3.34. The molecule has 0 aliphatic carbocycles. The Kier molecular flexibility index (Phi) is 3.83. The predicted octanol–water partition coefficient (Wildman–Crippen LogP) is 4.25. The van der Waals surface area contributed by atoms with Gasteiger partial charge in [0.15, 0.2) is 0 Å². The summed E-state index contributed by atoms with van der Waals surface area (Å²) in [6, 6.07) is 16.6. The zero-order chi connectivity index (χ0) is 19.3. The molecular formula is C23H20N2O3. The highest BCUT2D eigenvalue weighted by molar-refractivity contribution is 6.36. The lowest BCUT2D eigenvalue weighted by atomic mass is 9.92. The SMILES string of the molecule is COc1cccc(N2C(=O)c3cccc4c(N5CCCC5)ccc(c34)C2=O)c1. The fourth-order valence-corrected chi connectivity index (χ4v) is 4.30. The minimum atomic E-state index is -0.296. The number of hydrogen-bond donors (Lipinski definition) is 0. The lowest BCUT2D eigenvalue weighted by molar-refractivity contribution is 0.0893. The molecule has 1 fully saturated rings. The van der Waals surface area contributed by atoms with E-state index in [1.165, 1.54) is 17.7 Å². The van der Waals surface area contributed by atoms with E-state index in [0.717, 1.165) is 29.5 Å². The van der Waals surface area contributed by atoms with Crippen molar-refractivity contribution in [2.45, 2.75) is 12.8 Å². The summed E-state index contributed by atoms with van der Waals surface area (Å²) >= 11 is 0. The summed E-state index contributed by atoms with van der Waals surface area (Å²) in [5.74, 6) is 0.0105. The van der Waals surface area contributed by atoms with E-state index in [1.807, 2.05) is 30.3 Å². The van der Waals surface area contributed by atoms with Crippen LogP contribution in [0.25, 0.3) is 10.8 Å². The standard InChI is InChI=1S/C23H20N2O3/c1-28-16-7-4-6-15(14-16)25-22(26)18-9-5-8-17-20(24-12-2-3-13-24)11-10-19(21(17)18)23(25)27/h4-11,14H,2-3,12-13H2,1H3. The molecule has 0 aromatic heterocycles. The van der Waals surface area contributed by atoms with Crippen LogP contribution in [0.5, 0.6) is 5.75 Å². The molecule has 2 aliphatic heterocycles. The Balaban J connectivity index is 1.69. The lowest BCUT2D eigenvalue weighted by Gasteiger charge is -2.29. The Bertz CT molecular complexity index is 1090. The Labute approximate surface area is 163 Å². The molecule has 0 bridgehead atoms. The normalized spacial score (nSPS) is 16.2. The average Bonchev–Trinajstić information content (AvgIpc) is 3.26. The van der Waals surface area contributed by atoms with Crippen LogP contribution >= 0.6 is 0 Å². The van der Waals surface area contributed by atoms with E-state index >= 15 is 0 Å². The van der Waals surface area contributed by atoms with Gasteiger partial charge in [-0.2, -0.15) is 0 Å². The van der Waals surface area contributed by atoms with Crippen molar-refractivity contribution in [3.8, 4) is 5.75 Å². The maximum Gasteiger partial charge on any atom is 0.265 e. The number of anilines is 2. The van der Waals surface area contributed by atoms with Gasteiger partial charge in [0.25, 0.3) is 11.8 Å². The number of methoxy groups -OCH3 is 1. The summed E-state index contributed by atoms with van der Waals surface area (Å²) in [6.45, 7) is 2.02. The Morgan fingerprint density at radius 3 is 2.32 bits per heavy atom. The predicted molar refractivity (Wildman–Crippen MR) is 110 cm³/mol. The van der Waals surface area contributed by atoms with E-state index in [2.05, 4.69) is 4.90 Å². The summed E-state index contributed by atoms with van der Waals surface area (Å²) in [5, 5.41) is 1.74. The molecule has 2 aliphatic rings. The number of rotatable bonds is 3. The Morgan fingerprint density at radius 2 is 1.57 bits per heavy atom. The van der Waals surface area contributed by atoms with Crippen LogP contribution in [0.1, 0.15) is 33.6 Å². The molecule has 3 aromatic carbocycles. The molecule has 28 heavy (non-hydrogen) atoms. The van der Waals surface area contributed by atoms with Crippen LogP contribution in [0.4, 0.5) is 11.4 Å². The minimum absolute atomic E-state index is 0.296.